The van der Waals surface area contributed by atoms with Gasteiger partial charge in [0, 0.05) is 13.3 Å². The highest BCUT2D eigenvalue weighted by atomic mass is 127. The summed E-state index contributed by atoms with van der Waals surface area (Å²) in [6.45, 7) is 3.76. The van der Waals surface area contributed by atoms with Crippen molar-refractivity contribution in [3.63, 3.8) is 0 Å². The zero-order valence-corrected chi connectivity index (χ0v) is 14.7. The second-order valence-corrected chi connectivity index (χ2v) is 5.68. The third-order valence-electron chi connectivity index (χ3n) is 2.97. The average Bonchev–Trinajstić information content (AvgIpc) is 2.49. The van der Waals surface area contributed by atoms with Gasteiger partial charge < -0.3 is 0 Å². The first-order valence-corrected chi connectivity index (χ1v) is 7.84. The van der Waals surface area contributed by atoms with Crippen LogP contribution < -0.4 is 10.6 Å². The fourth-order valence-corrected chi connectivity index (χ4v) is 2.54. The Balaban J connectivity index is 2.67. The molecular weight excluding hydrogens is 398 g/mol. The number of anilines is 1. The minimum atomic E-state index is -0.395. The standard InChI is InChI=1S/C15H16FIN4O/c1-4-8-18-20(3)14-15(22)21(13(17)10(2)19-14)12-7-5-6-11(16)9-12/h5-9H,4H2,1-3H3/b18-8-. The Bertz CT molecular complexity index is 773. The van der Waals surface area contributed by atoms with Gasteiger partial charge in [0.25, 0.3) is 0 Å². The van der Waals surface area contributed by atoms with E-state index in [1.54, 1.807) is 32.3 Å². The minimum Gasteiger partial charge on any atom is -0.267 e. The molecule has 0 radical (unpaired) electrons. The lowest BCUT2D eigenvalue weighted by Gasteiger charge is -2.16. The van der Waals surface area contributed by atoms with Gasteiger partial charge in [0.2, 0.25) is 5.82 Å². The first-order chi connectivity index (χ1) is 10.5. The molecule has 1 aromatic heterocycles. The number of hydrogen-bond donors (Lipinski definition) is 0. The molecule has 0 unspecified atom stereocenters. The van der Waals surface area contributed by atoms with Gasteiger partial charge in [-0.2, -0.15) is 5.10 Å². The van der Waals surface area contributed by atoms with Crippen LogP contribution in [0.25, 0.3) is 5.69 Å². The molecular formula is C15H16FIN4O. The molecule has 116 valence electrons. The van der Waals surface area contributed by atoms with Crippen LogP contribution in [0.2, 0.25) is 0 Å². The van der Waals surface area contributed by atoms with Gasteiger partial charge in [-0.1, -0.05) is 13.0 Å². The molecule has 0 fully saturated rings. The SMILES string of the molecule is CC/C=N\N(C)c1nc(C)c(I)n(-c2cccc(F)c2)c1=O. The van der Waals surface area contributed by atoms with Crippen LogP contribution in [0.5, 0.6) is 0 Å². The number of hydrazone groups is 1. The van der Waals surface area contributed by atoms with E-state index in [0.29, 0.717) is 15.1 Å². The first-order valence-electron chi connectivity index (χ1n) is 6.77. The van der Waals surface area contributed by atoms with Crippen molar-refractivity contribution in [1.29, 1.82) is 0 Å². The Morgan fingerprint density at radius 3 is 2.86 bits per heavy atom. The van der Waals surface area contributed by atoms with E-state index in [0.717, 1.165) is 6.42 Å². The van der Waals surface area contributed by atoms with Crippen molar-refractivity contribution < 1.29 is 4.39 Å². The second kappa shape index (κ2) is 6.99. The molecule has 0 aliphatic heterocycles. The Morgan fingerprint density at radius 1 is 1.50 bits per heavy atom. The zero-order chi connectivity index (χ0) is 16.3. The van der Waals surface area contributed by atoms with E-state index in [4.69, 9.17) is 0 Å². The number of rotatable bonds is 4. The van der Waals surface area contributed by atoms with Gasteiger partial charge in [-0.15, -0.1) is 0 Å². The third kappa shape index (κ3) is 3.34. The van der Waals surface area contributed by atoms with Crippen LogP contribution >= 0.6 is 22.6 Å². The number of benzene rings is 1. The van der Waals surface area contributed by atoms with Gasteiger partial charge >= 0.3 is 5.56 Å². The normalized spacial score (nSPS) is 11.1. The van der Waals surface area contributed by atoms with E-state index in [1.807, 2.05) is 29.5 Å². The van der Waals surface area contributed by atoms with Crippen molar-refractivity contribution in [2.75, 3.05) is 12.1 Å². The summed E-state index contributed by atoms with van der Waals surface area (Å²) >= 11 is 2.04. The summed E-state index contributed by atoms with van der Waals surface area (Å²) in [5.74, 6) is -0.194. The first kappa shape index (κ1) is 16.6. The summed E-state index contributed by atoms with van der Waals surface area (Å²) in [4.78, 5) is 17.0. The topological polar surface area (TPSA) is 50.5 Å². The predicted octanol–water partition coefficient (Wildman–Crippen LogP) is 3.12. The monoisotopic (exact) mass is 414 g/mol. The molecule has 0 saturated carbocycles. The van der Waals surface area contributed by atoms with Crippen molar-refractivity contribution >= 4 is 34.6 Å². The quantitative estimate of drug-likeness (QED) is 0.439. The highest BCUT2D eigenvalue weighted by Gasteiger charge is 2.16. The van der Waals surface area contributed by atoms with Crippen molar-refractivity contribution in [3.05, 3.63) is 49.8 Å². The number of hydrogen-bond acceptors (Lipinski definition) is 4. The van der Waals surface area contributed by atoms with Crippen LogP contribution in [0.4, 0.5) is 10.2 Å². The Hall–Kier alpha value is -1.77. The van der Waals surface area contributed by atoms with Crippen LogP contribution in [0.1, 0.15) is 19.0 Å². The van der Waals surface area contributed by atoms with Gasteiger partial charge in [-0.25, -0.2) is 14.4 Å². The van der Waals surface area contributed by atoms with Crippen molar-refractivity contribution in [3.8, 4) is 5.69 Å². The molecule has 0 N–H and O–H groups in total. The predicted molar refractivity (Wildman–Crippen MR) is 94.4 cm³/mol. The second-order valence-electron chi connectivity index (χ2n) is 4.66. The summed E-state index contributed by atoms with van der Waals surface area (Å²) < 4.78 is 15.6. The van der Waals surface area contributed by atoms with E-state index >= 15 is 0 Å². The summed E-state index contributed by atoms with van der Waals surface area (Å²) in [7, 11) is 1.66. The highest BCUT2D eigenvalue weighted by molar-refractivity contribution is 14.1. The maximum atomic E-state index is 13.5. The van der Waals surface area contributed by atoms with E-state index < -0.39 is 5.82 Å². The lowest BCUT2D eigenvalue weighted by atomic mass is 10.3. The fraction of sp³-hybridized carbons (Fsp3) is 0.267. The summed E-state index contributed by atoms with van der Waals surface area (Å²) in [5, 5.41) is 5.59. The maximum absolute atomic E-state index is 13.5. The lowest BCUT2D eigenvalue weighted by molar-refractivity contribution is 0.626. The van der Waals surface area contributed by atoms with E-state index in [1.165, 1.54) is 21.7 Å². The Morgan fingerprint density at radius 2 is 2.23 bits per heavy atom. The summed E-state index contributed by atoms with van der Waals surface area (Å²) in [6, 6.07) is 5.92. The molecule has 0 aliphatic rings. The van der Waals surface area contributed by atoms with Gasteiger partial charge in [0.05, 0.1) is 11.4 Å². The van der Waals surface area contributed by atoms with Crippen molar-refractivity contribution in [2.45, 2.75) is 20.3 Å². The van der Waals surface area contributed by atoms with Crippen molar-refractivity contribution in [1.82, 2.24) is 9.55 Å². The summed E-state index contributed by atoms with van der Waals surface area (Å²) in [6.07, 6.45) is 2.45. The molecule has 5 nitrogen and oxygen atoms in total. The van der Waals surface area contributed by atoms with E-state index in [9.17, 15) is 9.18 Å². The molecule has 0 saturated heterocycles. The molecule has 0 atom stereocenters. The van der Waals surface area contributed by atoms with Gasteiger partial charge in [0.15, 0.2) is 0 Å². The largest absolute Gasteiger partial charge is 0.300 e. The minimum absolute atomic E-state index is 0.201. The summed E-state index contributed by atoms with van der Waals surface area (Å²) in [5.41, 5.74) is 0.809. The number of halogens is 2. The molecule has 2 rings (SSSR count). The number of aryl methyl sites for hydroxylation is 1. The molecule has 0 spiro atoms. The molecule has 1 aromatic carbocycles. The van der Waals surface area contributed by atoms with E-state index in [-0.39, 0.29) is 11.4 Å². The highest BCUT2D eigenvalue weighted by Crippen LogP contribution is 2.17. The van der Waals surface area contributed by atoms with Crippen LogP contribution in [0.15, 0.2) is 34.2 Å². The van der Waals surface area contributed by atoms with Crippen molar-refractivity contribution in [2.24, 2.45) is 5.10 Å². The Kier molecular flexibility index (Phi) is 5.28. The van der Waals surface area contributed by atoms with Gasteiger partial charge in [-0.05, 0) is 54.1 Å². The molecule has 2 aromatic rings. The zero-order valence-electron chi connectivity index (χ0n) is 12.5. The average molecular weight is 414 g/mol. The Labute approximate surface area is 141 Å². The smallest absolute Gasteiger partial charge is 0.267 e. The maximum Gasteiger partial charge on any atom is 0.300 e. The molecule has 0 amide bonds. The number of aromatic nitrogens is 2. The van der Waals surface area contributed by atoms with Crippen LogP contribution in [0.3, 0.4) is 0 Å². The lowest BCUT2D eigenvalue weighted by Crippen LogP contribution is -2.30. The van der Waals surface area contributed by atoms with Gasteiger partial charge in [0.1, 0.15) is 9.52 Å². The molecule has 1 heterocycles. The molecule has 7 heteroatoms. The van der Waals surface area contributed by atoms with E-state index in [2.05, 4.69) is 10.1 Å². The van der Waals surface area contributed by atoms with Crippen LogP contribution in [0, 0.1) is 16.4 Å². The molecule has 22 heavy (non-hydrogen) atoms. The fourth-order valence-electron chi connectivity index (χ4n) is 1.92. The van der Waals surface area contributed by atoms with Gasteiger partial charge in [-0.3, -0.25) is 9.36 Å². The van der Waals surface area contributed by atoms with Crippen LogP contribution in [-0.2, 0) is 0 Å². The number of nitrogens with zero attached hydrogens (tertiary/aromatic N) is 4. The van der Waals surface area contributed by atoms with Crippen LogP contribution in [-0.4, -0.2) is 22.8 Å². The third-order valence-corrected chi connectivity index (χ3v) is 4.24. The molecule has 0 bridgehead atoms. The molecule has 0 aliphatic carbocycles.